The Bertz CT molecular complexity index is 1900. The molecule has 17 heteroatoms. The van der Waals surface area contributed by atoms with Crippen LogP contribution in [-0.4, -0.2) is 134 Å². The van der Waals surface area contributed by atoms with Crippen molar-refractivity contribution in [3.63, 3.8) is 0 Å². The predicted octanol–water partition coefficient (Wildman–Crippen LogP) is 5.64. The molecule has 0 unspecified atom stereocenters. The van der Waals surface area contributed by atoms with Crippen molar-refractivity contribution < 1.29 is 38.2 Å². The second kappa shape index (κ2) is 28.8. The number of nitrogens with one attached hydrogen (secondary N) is 5. The number of rotatable bonds is 24. The summed E-state index contributed by atoms with van der Waals surface area (Å²) in [7, 11) is 3.37. The summed E-state index contributed by atoms with van der Waals surface area (Å²) < 4.78 is 12.5. The first-order valence-electron chi connectivity index (χ1n) is 25.6. The number of aryl methyl sites for hydroxylation is 2. The van der Waals surface area contributed by atoms with E-state index in [2.05, 4.69) is 56.9 Å². The Kier molecular flexibility index (Phi) is 24.0. The van der Waals surface area contributed by atoms with Gasteiger partial charge in [0.05, 0.1) is 36.4 Å². The van der Waals surface area contributed by atoms with Crippen LogP contribution in [0.15, 0.2) is 48.5 Å². The average molecular weight is 1020 g/mol. The van der Waals surface area contributed by atoms with E-state index in [0.29, 0.717) is 64.8 Å². The Morgan fingerprint density at radius 2 is 1.07 bits per heavy atom. The maximum atomic E-state index is 14.3. The molecule has 0 radical (unpaired) electrons. The number of carbonyl (C=O) groups excluding carboxylic acids is 6. The molecule has 0 saturated carbocycles. The van der Waals surface area contributed by atoms with E-state index >= 15 is 0 Å². The van der Waals surface area contributed by atoms with Gasteiger partial charge in [-0.1, -0.05) is 61.4 Å². The molecule has 2 aliphatic heterocycles. The number of ether oxygens (including phenoxy) is 2. The second-order valence-electron chi connectivity index (χ2n) is 19.5. The van der Waals surface area contributed by atoms with Crippen molar-refractivity contribution in [2.75, 3.05) is 40.4 Å². The minimum atomic E-state index is -0.979. The predicted molar refractivity (Wildman–Crippen MR) is 276 cm³/mol. The molecule has 390 valence electrons. The highest BCUT2D eigenvalue weighted by Gasteiger charge is 2.43. The van der Waals surface area contributed by atoms with Crippen LogP contribution >= 0.6 is 24.8 Å². The first-order valence-corrected chi connectivity index (χ1v) is 25.6. The fourth-order valence-corrected chi connectivity index (χ4v) is 10.5. The van der Waals surface area contributed by atoms with Gasteiger partial charge in [-0.25, -0.2) is 0 Å². The van der Waals surface area contributed by atoms with E-state index in [-0.39, 0.29) is 72.1 Å². The quantitative estimate of drug-likeness (QED) is 0.0825. The fraction of sp³-hybridized carbons (Fsp3) is 0.660. The van der Waals surface area contributed by atoms with Gasteiger partial charge < -0.3 is 45.9 Å². The van der Waals surface area contributed by atoms with Gasteiger partial charge in [-0.05, 0) is 147 Å². The van der Waals surface area contributed by atoms with Crippen LogP contribution in [0.25, 0.3) is 0 Å². The SMILES string of the molecule is CN[C@@H](C)C(=O)N[C@H](C(=O)N1CCC[C@H]1C(=O)C[C@@H]1CCCc2ccccc21)[C@@H](C)OCCCCCCO[C@H](C)[C@H](NC(=O)[C@H](C)NC)C(=O)N1CCC[C@H]1C(=O)N[C@@H]1CCCc2ccccc21.Cl.Cl. The molecule has 2 fully saturated rings. The Labute approximate surface area is 428 Å². The summed E-state index contributed by atoms with van der Waals surface area (Å²) in [5.41, 5.74) is 4.94. The molecule has 2 aliphatic carbocycles. The molecule has 0 aromatic heterocycles. The standard InChI is InChI=1S/C53H79N7O8.2ClH/c1-34(54-5)49(62)57-47(52(65)59-29-17-27-44(59)46(61)33-40-23-15-21-38-19-9-11-24-41(38)40)36(3)67-31-13-7-8-14-32-68-37(4)48(58-50(63)35(2)55-6)53(66)60-30-18-28-45(60)51(64)56-43-26-16-22-39-20-10-12-25-42(39)43;;/h9-12,19-20,24-25,34-37,40,43-45,47-48,54-55H,7-8,13-18,21-23,26-33H2,1-6H3,(H,56,64)(H,57,62)(H,58,63);2*1H/t34-,35-,36+,37+,40-,43+,44-,45-,47-,48-;;/m0../s1. The lowest BCUT2D eigenvalue weighted by Crippen LogP contribution is -2.59. The number of unbranched alkanes of at least 4 members (excludes halogenated alkanes) is 3. The number of likely N-dealkylation sites (tertiary alicyclic amines) is 2. The van der Waals surface area contributed by atoms with Crippen molar-refractivity contribution in [1.29, 1.82) is 0 Å². The molecule has 0 bridgehead atoms. The highest BCUT2D eigenvalue weighted by molar-refractivity contribution is 5.95. The molecule has 5 amide bonds. The van der Waals surface area contributed by atoms with Crippen molar-refractivity contribution in [2.24, 2.45) is 0 Å². The zero-order valence-electron chi connectivity index (χ0n) is 42.3. The van der Waals surface area contributed by atoms with Crippen molar-refractivity contribution in [1.82, 2.24) is 36.4 Å². The molecule has 2 heterocycles. The number of amides is 5. The Hall–Kier alpha value is -4.12. The van der Waals surface area contributed by atoms with Crippen LogP contribution < -0.4 is 26.6 Å². The van der Waals surface area contributed by atoms with Crippen molar-refractivity contribution in [2.45, 2.75) is 184 Å². The molecule has 70 heavy (non-hydrogen) atoms. The van der Waals surface area contributed by atoms with E-state index in [1.807, 2.05) is 18.2 Å². The zero-order chi connectivity index (χ0) is 48.7. The Balaban J connectivity index is 0.00000533. The van der Waals surface area contributed by atoms with Crippen molar-refractivity contribution in [3.8, 4) is 0 Å². The molecule has 5 N–H and O–H groups in total. The van der Waals surface area contributed by atoms with Gasteiger partial charge >= 0.3 is 0 Å². The zero-order valence-corrected chi connectivity index (χ0v) is 43.9. The lowest BCUT2D eigenvalue weighted by Gasteiger charge is -2.33. The lowest BCUT2D eigenvalue weighted by atomic mass is 9.79. The molecule has 6 rings (SSSR count). The van der Waals surface area contributed by atoms with Crippen LogP contribution in [0.3, 0.4) is 0 Å². The van der Waals surface area contributed by atoms with E-state index in [4.69, 9.17) is 9.47 Å². The molecule has 15 nitrogen and oxygen atoms in total. The van der Waals surface area contributed by atoms with Crippen molar-refractivity contribution >= 4 is 60.1 Å². The van der Waals surface area contributed by atoms with Crippen LogP contribution in [0.5, 0.6) is 0 Å². The molecule has 2 saturated heterocycles. The van der Waals surface area contributed by atoms with E-state index in [0.717, 1.165) is 63.4 Å². The van der Waals surface area contributed by atoms with Gasteiger partial charge in [0.25, 0.3) is 0 Å². The van der Waals surface area contributed by atoms with Gasteiger partial charge in [0, 0.05) is 32.7 Å². The minimum Gasteiger partial charge on any atom is -0.376 e. The Morgan fingerprint density at radius 3 is 1.61 bits per heavy atom. The largest absolute Gasteiger partial charge is 0.376 e. The molecule has 0 spiro atoms. The topological polar surface area (TPSA) is 188 Å². The van der Waals surface area contributed by atoms with Crippen LogP contribution in [0, 0.1) is 0 Å². The van der Waals surface area contributed by atoms with Gasteiger partial charge in [-0.15, -0.1) is 24.8 Å². The second-order valence-corrected chi connectivity index (χ2v) is 19.5. The molecular weight excluding hydrogens is 934 g/mol. The fourth-order valence-electron chi connectivity index (χ4n) is 10.5. The van der Waals surface area contributed by atoms with Crippen LogP contribution in [0.4, 0.5) is 0 Å². The van der Waals surface area contributed by atoms with Gasteiger partial charge in [-0.3, -0.25) is 28.8 Å². The summed E-state index contributed by atoms with van der Waals surface area (Å²) in [5.74, 6) is -1.20. The first kappa shape index (κ1) is 58.5. The Morgan fingerprint density at radius 1 is 0.600 bits per heavy atom. The summed E-state index contributed by atoms with van der Waals surface area (Å²) in [6.45, 7) is 8.66. The van der Waals surface area contributed by atoms with Crippen LogP contribution in [0.2, 0.25) is 0 Å². The van der Waals surface area contributed by atoms with Crippen molar-refractivity contribution in [3.05, 3.63) is 70.8 Å². The summed E-state index contributed by atoms with van der Waals surface area (Å²) in [6.07, 6.45) is 10.6. The average Bonchev–Trinajstić information content (AvgIpc) is 4.06. The molecular formula is C53H81Cl2N7O8. The normalized spacial score (nSPS) is 22.1. The molecule has 2 aromatic rings. The number of fused-ring (bicyclic) bond motifs is 2. The van der Waals surface area contributed by atoms with Gasteiger partial charge in [0.15, 0.2) is 5.78 Å². The van der Waals surface area contributed by atoms with Gasteiger partial charge in [0.2, 0.25) is 29.5 Å². The number of ketones is 1. The van der Waals surface area contributed by atoms with Crippen LogP contribution in [0.1, 0.15) is 145 Å². The summed E-state index contributed by atoms with van der Waals surface area (Å²) in [4.78, 5) is 85.9. The highest BCUT2D eigenvalue weighted by atomic mass is 35.5. The number of halogens is 2. The van der Waals surface area contributed by atoms with Gasteiger partial charge in [-0.2, -0.15) is 0 Å². The monoisotopic (exact) mass is 1010 g/mol. The smallest absolute Gasteiger partial charge is 0.248 e. The third-order valence-electron chi connectivity index (χ3n) is 14.9. The van der Waals surface area contributed by atoms with E-state index in [1.165, 1.54) is 16.7 Å². The summed E-state index contributed by atoms with van der Waals surface area (Å²) in [5, 5.41) is 15.0. The van der Waals surface area contributed by atoms with Crippen LogP contribution in [-0.2, 0) is 51.1 Å². The number of likely N-dealkylation sites (N-methyl/N-ethyl adjacent to an activating group) is 2. The maximum Gasteiger partial charge on any atom is 0.248 e. The highest BCUT2D eigenvalue weighted by Crippen LogP contribution is 2.36. The summed E-state index contributed by atoms with van der Waals surface area (Å²) in [6, 6.07) is 12.3. The molecule has 10 atom stereocenters. The minimum absolute atomic E-state index is 0. The summed E-state index contributed by atoms with van der Waals surface area (Å²) >= 11 is 0. The third kappa shape index (κ3) is 15.2. The van der Waals surface area contributed by atoms with E-state index in [1.54, 1.807) is 51.6 Å². The maximum absolute atomic E-state index is 14.3. The number of carbonyl (C=O) groups is 6. The number of hydrogen-bond donors (Lipinski definition) is 5. The molecule has 4 aliphatic rings. The third-order valence-corrected chi connectivity index (χ3v) is 14.9. The van der Waals surface area contributed by atoms with E-state index < -0.39 is 48.5 Å². The van der Waals surface area contributed by atoms with E-state index in [9.17, 15) is 28.8 Å². The first-order chi connectivity index (χ1) is 32.8. The number of hydrogen-bond acceptors (Lipinski definition) is 10. The number of nitrogens with zero attached hydrogens (tertiary/aromatic N) is 2. The molecule has 2 aromatic carbocycles. The number of benzene rings is 2. The van der Waals surface area contributed by atoms with Gasteiger partial charge in [0.1, 0.15) is 18.1 Å². The lowest BCUT2D eigenvalue weighted by molar-refractivity contribution is -0.145. The number of Topliss-reactive ketones (excluding diaryl/α,β-unsaturated/α-hetero) is 1.